The molecule has 0 amide bonds. The van der Waals surface area contributed by atoms with E-state index >= 15 is 0 Å². The van der Waals surface area contributed by atoms with Crippen LogP contribution in [-0.2, 0) is 0 Å². The summed E-state index contributed by atoms with van der Waals surface area (Å²) in [5.41, 5.74) is 0. The van der Waals surface area contributed by atoms with E-state index in [1.165, 1.54) is 12.8 Å². The van der Waals surface area contributed by atoms with Gasteiger partial charge >= 0.3 is 0 Å². The monoisotopic (exact) mass is 465 g/mol. The van der Waals surface area contributed by atoms with E-state index in [0.717, 1.165) is 37.8 Å². The Morgan fingerprint density at radius 2 is 2.21 bits per heavy atom. The molecule has 0 saturated carbocycles. The maximum Gasteiger partial charge on any atom is 0.191 e. The van der Waals surface area contributed by atoms with Crippen LogP contribution < -0.4 is 15.5 Å². The summed E-state index contributed by atoms with van der Waals surface area (Å²) in [5, 5.41) is 7.67. The number of pyridine rings is 1. The largest absolute Gasteiger partial charge is 0.356 e. The smallest absolute Gasteiger partial charge is 0.191 e. The molecule has 24 heavy (non-hydrogen) atoms. The zero-order valence-electron chi connectivity index (χ0n) is 14.8. The Balaban J connectivity index is 0.00000288. The molecule has 2 heterocycles. The van der Waals surface area contributed by atoms with Crippen LogP contribution in [0.2, 0.25) is 5.02 Å². The summed E-state index contributed by atoms with van der Waals surface area (Å²) in [6.07, 6.45) is 5.22. The first-order valence-corrected chi connectivity index (χ1v) is 8.88. The topological polar surface area (TPSA) is 52.6 Å². The predicted octanol–water partition coefficient (Wildman–Crippen LogP) is 3.53. The van der Waals surface area contributed by atoms with Gasteiger partial charge in [-0.1, -0.05) is 38.3 Å². The van der Waals surface area contributed by atoms with Crippen molar-refractivity contribution in [1.82, 2.24) is 15.6 Å². The van der Waals surface area contributed by atoms with E-state index in [1.807, 2.05) is 19.2 Å². The van der Waals surface area contributed by atoms with Gasteiger partial charge in [0.15, 0.2) is 5.96 Å². The van der Waals surface area contributed by atoms with Gasteiger partial charge in [0.1, 0.15) is 5.82 Å². The van der Waals surface area contributed by atoms with Crippen molar-refractivity contribution in [3.05, 3.63) is 23.4 Å². The van der Waals surface area contributed by atoms with Gasteiger partial charge in [-0.05, 0) is 24.5 Å². The Bertz CT molecular complexity index is 521. The van der Waals surface area contributed by atoms with Crippen molar-refractivity contribution in [2.24, 2.45) is 10.9 Å². The maximum absolute atomic E-state index is 6.24. The fourth-order valence-electron chi connectivity index (χ4n) is 2.89. The molecule has 1 aliphatic rings. The molecule has 1 fully saturated rings. The highest BCUT2D eigenvalue weighted by Crippen LogP contribution is 2.25. The Kier molecular flexibility index (Phi) is 9.73. The molecule has 0 bridgehead atoms. The second-order valence-corrected chi connectivity index (χ2v) is 6.43. The van der Waals surface area contributed by atoms with Crippen molar-refractivity contribution >= 4 is 47.4 Å². The molecule has 136 valence electrons. The Morgan fingerprint density at radius 1 is 1.46 bits per heavy atom. The highest BCUT2D eigenvalue weighted by Gasteiger charge is 2.25. The number of aliphatic imine (C=N–C) groups is 1. The lowest BCUT2D eigenvalue weighted by molar-refractivity contribution is 0.479. The van der Waals surface area contributed by atoms with E-state index in [2.05, 4.69) is 39.4 Å². The third-order valence-corrected chi connectivity index (χ3v) is 4.80. The van der Waals surface area contributed by atoms with E-state index in [4.69, 9.17) is 11.6 Å². The number of aromatic nitrogens is 1. The fourth-order valence-corrected chi connectivity index (χ4v) is 3.13. The van der Waals surface area contributed by atoms with Crippen LogP contribution in [0.4, 0.5) is 5.82 Å². The van der Waals surface area contributed by atoms with Gasteiger partial charge in [-0.25, -0.2) is 4.98 Å². The van der Waals surface area contributed by atoms with Crippen LogP contribution in [0, 0.1) is 5.92 Å². The van der Waals surface area contributed by atoms with Gasteiger partial charge in [0.25, 0.3) is 0 Å². The minimum Gasteiger partial charge on any atom is -0.356 e. The van der Waals surface area contributed by atoms with Crippen LogP contribution in [0.25, 0.3) is 0 Å². The summed E-state index contributed by atoms with van der Waals surface area (Å²) >= 11 is 6.24. The Labute approximate surface area is 167 Å². The molecule has 0 spiro atoms. The van der Waals surface area contributed by atoms with Crippen molar-refractivity contribution < 1.29 is 0 Å². The van der Waals surface area contributed by atoms with E-state index in [0.29, 0.717) is 17.0 Å². The van der Waals surface area contributed by atoms with Crippen molar-refractivity contribution in [1.29, 1.82) is 0 Å². The third-order valence-electron chi connectivity index (χ3n) is 4.50. The number of nitrogens with zero attached hydrogens (tertiary/aromatic N) is 3. The van der Waals surface area contributed by atoms with Crippen molar-refractivity contribution in [3.8, 4) is 0 Å². The SMILES string of the molecule is CCC(CC)CNC(=NC)NC1CCN(c2ncccc2Cl)C1.I. The molecule has 1 atom stereocenters. The van der Waals surface area contributed by atoms with Gasteiger partial charge < -0.3 is 15.5 Å². The minimum atomic E-state index is 0. The van der Waals surface area contributed by atoms with Gasteiger partial charge in [0.2, 0.25) is 0 Å². The van der Waals surface area contributed by atoms with Crippen LogP contribution in [0.5, 0.6) is 0 Å². The number of halogens is 2. The molecule has 0 aromatic carbocycles. The number of hydrogen-bond acceptors (Lipinski definition) is 3. The molecule has 1 unspecified atom stereocenters. The van der Waals surface area contributed by atoms with E-state index < -0.39 is 0 Å². The number of nitrogens with one attached hydrogen (secondary N) is 2. The molecule has 1 aromatic heterocycles. The summed E-state index contributed by atoms with van der Waals surface area (Å²) in [6, 6.07) is 4.11. The van der Waals surface area contributed by atoms with Gasteiger partial charge in [0, 0.05) is 38.9 Å². The molecule has 7 heteroatoms. The van der Waals surface area contributed by atoms with Crippen LogP contribution in [0.3, 0.4) is 0 Å². The zero-order chi connectivity index (χ0) is 16.7. The van der Waals surface area contributed by atoms with Crippen LogP contribution in [0.1, 0.15) is 33.1 Å². The first-order chi connectivity index (χ1) is 11.2. The summed E-state index contributed by atoms with van der Waals surface area (Å²) in [4.78, 5) is 11.0. The third kappa shape index (κ3) is 5.95. The summed E-state index contributed by atoms with van der Waals surface area (Å²) in [6.45, 7) is 7.28. The predicted molar refractivity (Wildman–Crippen MR) is 114 cm³/mol. The first-order valence-electron chi connectivity index (χ1n) is 8.50. The summed E-state index contributed by atoms with van der Waals surface area (Å²) < 4.78 is 0. The Morgan fingerprint density at radius 3 is 2.83 bits per heavy atom. The highest BCUT2D eigenvalue weighted by molar-refractivity contribution is 14.0. The number of hydrogen-bond donors (Lipinski definition) is 2. The number of rotatable bonds is 6. The molecule has 1 saturated heterocycles. The Hall–Kier alpha value is -0.760. The van der Waals surface area contributed by atoms with Crippen LogP contribution >= 0.6 is 35.6 Å². The van der Waals surface area contributed by atoms with Gasteiger partial charge in [-0.2, -0.15) is 0 Å². The molecule has 2 rings (SSSR count). The van der Waals surface area contributed by atoms with E-state index in [9.17, 15) is 0 Å². The first kappa shape index (κ1) is 21.3. The second-order valence-electron chi connectivity index (χ2n) is 6.02. The molecule has 1 aromatic rings. The molecule has 0 aliphatic carbocycles. The maximum atomic E-state index is 6.24. The van der Waals surface area contributed by atoms with Crippen LogP contribution in [-0.4, -0.2) is 43.7 Å². The lowest BCUT2D eigenvalue weighted by Crippen LogP contribution is -2.45. The lowest BCUT2D eigenvalue weighted by Gasteiger charge is -2.21. The summed E-state index contributed by atoms with van der Waals surface area (Å²) in [7, 11) is 1.82. The zero-order valence-corrected chi connectivity index (χ0v) is 17.8. The van der Waals surface area contributed by atoms with E-state index in [1.54, 1.807) is 6.20 Å². The average Bonchev–Trinajstić information content (AvgIpc) is 3.03. The molecule has 0 radical (unpaired) electrons. The average molecular weight is 466 g/mol. The van der Waals surface area contributed by atoms with Crippen molar-refractivity contribution in [3.63, 3.8) is 0 Å². The van der Waals surface area contributed by atoms with Crippen molar-refractivity contribution in [2.75, 3.05) is 31.6 Å². The lowest BCUT2D eigenvalue weighted by atomic mass is 10.0. The van der Waals surface area contributed by atoms with Gasteiger partial charge in [-0.3, -0.25) is 4.99 Å². The molecule has 5 nitrogen and oxygen atoms in total. The van der Waals surface area contributed by atoms with Crippen molar-refractivity contribution in [2.45, 2.75) is 39.2 Å². The van der Waals surface area contributed by atoms with Gasteiger partial charge in [-0.15, -0.1) is 24.0 Å². The normalized spacial score (nSPS) is 17.8. The second kappa shape index (κ2) is 11.0. The number of anilines is 1. The number of guanidine groups is 1. The van der Waals surface area contributed by atoms with Crippen LogP contribution in [0.15, 0.2) is 23.3 Å². The highest BCUT2D eigenvalue weighted by atomic mass is 127. The molecular weight excluding hydrogens is 437 g/mol. The fraction of sp³-hybridized carbons (Fsp3) is 0.647. The molecule has 1 aliphatic heterocycles. The molecule has 2 N–H and O–H groups in total. The standard InChI is InChI=1S/C17H28ClN5.HI/c1-4-13(5-2)11-21-17(19-3)22-14-8-10-23(12-14)16-15(18)7-6-9-20-16;/h6-7,9,13-14H,4-5,8,10-12H2,1-3H3,(H2,19,21,22);1H. The molecular formula is C17H29ClIN5. The minimum absolute atomic E-state index is 0. The summed E-state index contributed by atoms with van der Waals surface area (Å²) in [5.74, 6) is 2.45. The quantitative estimate of drug-likeness (QED) is 0.383. The van der Waals surface area contributed by atoms with E-state index in [-0.39, 0.29) is 24.0 Å². The van der Waals surface area contributed by atoms with Gasteiger partial charge in [0.05, 0.1) is 5.02 Å².